The van der Waals surface area contributed by atoms with Gasteiger partial charge < -0.3 is 9.87 Å². The predicted molar refractivity (Wildman–Crippen MR) is 79.8 cm³/mol. The van der Waals surface area contributed by atoms with Crippen molar-refractivity contribution in [1.82, 2.24) is 9.97 Å². The van der Waals surface area contributed by atoms with E-state index in [1.165, 1.54) is 6.26 Å². The number of aromatic nitrogens is 2. The summed E-state index contributed by atoms with van der Waals surface area (Å²) in [6, 6.07) is 5.55. The number of benzene rings is 1. The van der Waals surface area contributed by atoms with Crippen LogP contribution < -0.4 is 5.32 Å². The van der Waals surface area contributed by atoms with Gasteiger partial charge in [0.15, 0.2) is 0 Å². The molecule has 2 heterocycles. The van der Waals surface area contributed by atoms with Crippen LogP contribution in [-0.4, -0.2) is 26.7 Å². The number of hydrogen-bond donors (Lipinski definition) is 1. The quantitative estimate of drug-likeness (QED) is 0.630. The second-order valence-electron chi connectivity index (χ2n) is 4.40. The summed E-state index contributed by atoms with van der Waals surface area (Å²) in [6.07, 6.45) is 3.32. The highest BCUT2D eigenvalue weighted by Gasteiger charge is 2.23. The first kappa shape index (κ1) is 13.5. The van der Waals surface area contributed by atoms with Crippen molar-refractivity contribution in [2.75, 3.05) is 11.6 Å². The number of anilines is 1. The Morgan fingerprint density at radius 1 is 1.45 bits per heavy atom. The topological polar surface area (TPSA) is 77.9 Å². The van der Waals surface area contributed by atoms with E-state index in [2.05, 4.69) is 31.2 Å². The van der Waals surface area contributed by atoms with Crippen LogP contribution in [0.5, 0.6) is 0 Å². The van der Waals surface area contributed by atoms with Gasteiger partial charge in [-0.1, -0.05) is 15.9 Å². The largest absolute Gasteiger partial charge is 0.609 e. The molecule has 1 amide bonds. The third-order valence-electron chi connectivity index (χ3n) is 2.96. The van der Waals surface area contributed by atoms with Gasteiger partial charge in [-0.3, -0.25) is 4.79 Å². The van der Waals surface area contributed by atoms with E-state index < -0.39 is 11.2 Å². The van der Waals surface area contributed by atoms with Crippen LogP contribution in [0.15, 0.2) is 34.0 Å². The maximum Gasteiger partial charge on any atom is 0.342 e. The average Bonchev–Trinajstić information content (AvgIpc) is 2.53. The molecule has 1 unspecified atom stereocenters. The number of hydrogen-bond acceptors (Lipinski definition) is 4. The fourth-order valence-corrected chi connectivity index (χ4v) is 2.86. The normalized spacial score (nSPS) is 14.8. The second-order valence-corrected chi connectivity index (χ2v) is 6.58. The first-order chi connectivity index (χ1) is 9.54. The van der Waals surface area contributed by atoms with Crippen molar-refractivity contribution in [3.8, 4) is 11.3 Å². The molecule has 0 bridgehead atoms. The SMILES string of the molecule is C[S+]([O-])c1ncc2c(n1)-c1cc(Br)ccc1NC(=O)C2. The molecule has 7 heteroatoms. The van der Waals surface area contributed by atoms with Gasteiger partial charge in [0.05, 0.1) is 17.8 Å². The van der Waals surface area contributed by atoms with E-state index >= 15 is 0 Å². The number of amides is 1. The summed E-state index contributed by atoms with van der Waals surface area (Å²) in [6.45, 7) is 0. The Kier molecular flexibility index (Phi) is 3.49. The van der Waals surface area contributed by atoms with Crippen LogP contribution in [0.2, 0.25) is 0 Å². The van der Waals surface area contributed by atoms with Crippen LogP contribution in [-0.2, 0) is 22.4 Å². The van der Waals surface area contributed by atoms with Gasteiger partial charge in [-0.25, -0.2) is 0 Å². The van der Waals surface area contributed by atoms with Gasteiger partial charge in [-0.05, 0) is 18.2 Å². The van der Waals surface area contributed by atoms with Gasteiger partial charge in [-0.15, -0.1) is 0 Å². The van der Waals surface area contributed by atoms with Crippen molar-refractivity contribution in [2.24, 2.45) is 0 Å². The molecule has 1 aromatic heterocycles. The molecule has 0 saturated carbocycles. The fraction of sp³-hybridized carbons (Fsp3) is 0.154. The summed E-state index contributed by atoms with van der Waals surface area (Å²) in [4.78, 5) is 20.3. The van der Waals surface area contributed by atoms with Gasteiger partial charge >= 0.3 is 5.16 Å². The molecule has 1 aromatic carbocycles. The molecule has 102 valence electrons. The molecule has 1 N–H and O–H groups in total. The molecule has 1 aliphatic heterocycles. The van der Waals surface area contributed by atoms with E-state index in [1.807, 2.05) is 18.2 Å². The minimum Gasteiger partial charge on any atom is -0.609 e. The lowest BCUT2D eigenvalue weighted by Gasteiger charge is -2.09. The summed E-state index contributed by atoms with van der Waals surface area (Å²) in [5.41, 5.74) is 2.88. The smallest absolute Gasteiger partial charge is 0.342 e. The zero-order valence-electron chi connectivity index (χ0n) is 10.5. The predicted octanol–water partition coefficient (Wildman–Crippen LogP) is 2.14. The summed E-state index contributed by atoms with van der Waals surface area (Å²) in [5, 5.41) is 3.11. The van der Waals surface area contributed by atoms with Gasteiger partial charge in [0.2, 0.25) is 5.91 Å². The number of rotatable bonds is 1. The van der Waals surface area contributed by atoms with Gasteiger partial charge in [0.25, 0.3) is 0 Å². The Labute approximate surface area is 127 Å². The van der Waals surface area contributed by atoms with Crippen LogP contribution in [0.1, 0.15) is 5.56 Å². The highest BCUT2D eigenvalue weighted by Crippen LogP contribution is 2.34. The van der Waals surface area contributed by atoms with Crippen LogP contribution in [0.4, 0.5) is 5.69 Å². The van der Waals surface area contributed by atoms with Crippen molar-refractivity contribution >= 4 is 38.7 Å². The van der Waals surface area contributed by atoms with Crippen molar-refractivity contribution in [3.05, 3.63) is 34.4 Å². The number of nitrogens with one attached hydrogen (secondary N) is 1. The zero-order chi connectivity index (χ0) is 14.3. The summed E-state index contributed by atoms with van der Waals surface area (Å²) >= 11 is 2.15. The van der Waals surface area contributed by atoms with Gasteiger partial charge in [-0.2, -0.15) is 9.97 Å². The molecule has 0 fully saturated rings. The lowest BCUT2D eigenvalue weighted by molar-refractivity contribution is -0.115. The third-order valence-corrected chi connectivity index (χ3v) is 4.17. The first-order valence-corrected chi connectivity index (χ1v) is 8.19. The lowest BCUT2D eigenvalue weighted by Crippen LogP contribution is -2.13. The fourth-order valence-electron chi connectivity index (χ4n) is 2.08. The van der Waals surface area contributed by atoms with Crippen molar-refractivity contribution in [2.45, 2.75) is 11.6 Å². The lowest BCUT2D eigenvalue weighted by atomic mass is 10.1. The number of carbonyl (C=O) groups is 1. The molecule has 0 aliphatic carbocycles. The summed E-state index contributed by atoms with van der Waals surface area (Å²) in [7, 11) is 0. The Hall–Kier alpha value is -1.44. The molecule has 2 aromatic rings. The van der Waals surface area contributed by atoms with E-state index in [4.69, 9.17) is 0 Å². The van der Waals surface area contributed by atoms with E-state index in [0.717, 1.165) is 15.6 Å². The van der Waals surface area contributed by atoms with Crippen molar-refractivity contribution < 1.29 is 9.35 Å². The van der Waals surface area contributed by atoms with E-state index in [0.29, 0.717) is 11.4 Å². The van der Waals surface area contributed by atoms with Crippen molar-refractivity contribution in [1.29, 1.82) is 0 Å². The first-order valence-electron chi connectivity index (χ1n) is 5.83. The van der Waals surface area contributed by atoms with Crippen LogP contribution >= 0.6 is 15.9 Å². The average molecular weight is 352 g/mol. The molecule has 3 rings (SSSR count). The minimum atomic E-state index is -1.26. The molecule has 0 saturated heterocycles. The standard InChI is InChI=1S/C13H10BrN3O2S/c1-20(19)13-15-6-7-4-11(18)16-10-3-2-8(14)5-9(10)12(7)17-13/h2-3,5-6H,4H2,1H3,(H,16,18). The molecule has 0 radical (unpaired) electrons. The van der Waals surface area contributed by atoms with Crippen LogP contribution in [0, 0.1) is 0 Å². The maximum atomic E-state index is 11.9. The van der Waals surface area contributed by atoms with Gasteiger partial charge in [0.1, 0.15) is 6.26 Å². The third kappa shape index (κ3) is 2.44. The molecule has 1 atom stereocenters. The minimum absolute atomic E-state index is 0.110. The zero-order valence-corrected chi connectivity index (χ0v) is 12.9. The molecular formula is C13H10BrN3O2S. The van der Waals surface area contributed by atoms with E-state index in [-0.39, 0.29) is 17.5 Å². The molecule has 1 aliphatic rings. The highest BCUT2D eigenvalue weighted by atomic mass is 79.9. The molecule has 5 nitrogen and oxygen atoms in total. The van der Waals surface area contributed by atoms with Crippen molar-refractivity contribution in [3.63, 3.8) is 0 Å². The highest BCUT2D eigenvalue weighted by molar-refractivity contribution is 9.10. The number of halogens is 1. The monoisotopic (exact) mass is 351 g/mol. The molecule has 0 spiro atoms. The Bertz CT molecular complexity index is 706. The summed E-state index contributed by atoms with van der Waals surface area (Å²) in [5.74, 6) is -0.110. The van der Waals surface area contributed by atoms with E-state index in [1.54, 1.807) is 6.20 Å². The summed E-state index contributed by atoms with van der Waals surface area (Å²) < 4.78 is 12.4. The Morgan fingerprint density at radius 2 is 2.25 bits per heavy atom. The van der Waals surface area contributed by atoms with Gasteiger partial charge in [0, 0.05) is 33.0 Å². The number of carbonyl (C=O) groups excluding carboxylic acids is 1. The molecular weight excluding hydrogens is 342 g/mol. The number of nitrogens with zero attached hydrogens (tertiary/aromatic N) is 2. The Morgan fingerprint density at radius 3 is 3.00 bits per heavy atom. The van der Waals surface area contributed by atoms with Crippen LogP contribution in [0.3, 0.4) is 0 Å². The Balaban J connectivity index is 2.27. The van der Waals surface area contributed by atoms with Crippen LogP contribution in [0.25, 0.3) is 11.3 Å². The second kappa shape index (κ2) is 5.16. The number of fused-ring (bicyclic) bond motifs is 3. The van der Waals surface area contributed by atoms with E-state index in [9.17, 15) is 9.35 Å². The maximum absolute atomic E-state index is 11.9. The molecule has 20 heavy (non-hydrogen) atoms.